The van der Waals surface area contributed by atoms with Crippen molar-refractivity contribution in [2.24, 2.45) is 0 Å². The third-order valence-electron chi connectivity index (χ3n) is 3.83. The summed E-state index contributed by atoms with van der Waals surface area (Å²) in [5.74, 6) is 1.63. The molecule has 0 saturated heterocycles. The fourth-order valence-electron chi connectivity index (χ4n) is 2.45. The molecule has 3 rings (SSSR count). The minimum atomic E-state index is -3.47. The molecule has 0 amide bonds. The minimum absolute atomic E-state index is 0.318. The number of rotatable bonds is 6. The summed E-state index contributed by atoms with van der Waals surface area (Å²) >= 11 is 0. The maximum absolute atomic E-state index is 14.3. The van der Waals surface area contributed by atoms with Gasteiger partial charge in [-0.25, -0.2) is 0 Å². The summed E-state index contributed by atoms with van der Waals surface area (Å²) in [6.07, 6.45) is 4.63. The Morgan fingerprint density at radius 1 is 0.654 bits per heavy atom. The highest BCUT2D eigenvalue weighted by Crippen LogP contribution is 2.41. The second-order valence-electron chi connectivity index (χ2n) is 5.27. The summed E-state index contributed by atoms with van der Waals surface area (Å²) in [6.45, 7) is 0. The van der Waals surface area contributed by atoms with Crippen LogP contribution in [0.15, 0.2) is 55.0 Å². The van der Waals surface area contributed by atoms with Crippen LogP contribution >= 0.6 is 7.14 Å². The molecule has 0 atom stereocenters. The topological polar surface area (TPSA) is 83.4 Å². The fraction of sp³-hybridized carbons (Fsp3) is 0.167. The third-order valence-corrected chi connectivity index (χ3v) is 6.50. The van der Waals surface area contributed by atoms with Crippen LogP contribution in [0.1, 0.15) is 0 Å². The highest BCUT2D eigenvalue weighted by Gasteiger charge is 2.35. The van der Waals surface area contributed by atoms with Crippen LogP contribution in [0.25, 0.3) is 0 Å². The van der Waals surface area contributed by atoms with Crippen molar-refractivity contribution >= 4 is 23.4 Å². The third kappa shape index (κ3) is 3.26. The molecule has 3 aromatic rings. The van der Waals surface area contributed by atoms with Gasteiger partial charge in [0.15, 0.2) is 0 Å². The molecule has 134 valence electrons. The summed E-state index contributed by atoms with van der Waals surface area (Å²) in [5.41, 5.74) is 0.954. The van der Waals surface area contributed by atoms with E-state index >= 15 is 0 Å². The summed E-state index contributed by atoms with van der Waals surface area (Å²) in [5, 5.41) is 0. The Kier molecular flexibility index (Phi) is 5.19. The molecule has 0 unspecified atom stereocenters. The SMILES string of the molecule is COc1ccnc(P(=O)(c2cc(OC)ccn2)c2cc(OC)ccn2)c1. The Balaban J connectivity index is 2.28. The average Bonchev–Trinajstić information content (AvgIpc) is 2.73. The lowest BCUT2D eigenvalue weighted by Gasteiger charge is -2.18. The maximum Gasteiger partial charge on any atom is 0.223 e. The number of aromatic nitrogens is 3. The second-order valence-corrected chi connectivity index (χ2v) is 7.86. The molecular weight excluding hydrogens is 353 g/mol. The van der Waals surface area contributed by atoms with Crippen LogP contribution in [0.2, 0.25) is 0 Å². The van der Waals surface area contributed by atoms with Crippen LogP contribution in [0, 0.1) is 0 Å². The first kappa shape index (κ1) is 17.9. The van der Waals surface area contributed by atoms with Gasteiger partial charge in [0, 0.05) is 36.8 Å². The lowest BCUT2D eigenvalue weighted by Crippen LogP contribution is -2.30. The summed E-state index contributed by atoms with van der Waals surface area (Å²) < 4.78 is 30.0. The Morgan fingerprint density at radius 2 is 0.962 bits per heavy atom. The van der Waals surface area contributed by atoms with Crippen molar-refractivity contribution in [3.8, 4) is 17.2 Å². The standard InChI is InChI=1S/C18H18N3O4P/c1-23-13-4-7-19-16(10-13)26(22,17-11-14(24-2)5-8-20-17)18-12-15(25-3)6-9-21-18/h4-12H,1-3H3. The van der Waals surface area contributed by atoms with Gasteiger partial charge in [-0.2, -0.15) is 0 Å². The van der Waals surface area contributed by atoms with E-state index in [1.165, 1.54) is 21.3 Å². The molecule has 0 aliphatic carbocycles. The summed E-state index contributed by atoms with van der Waals surface area (Å²) in [4.78, 5) is 13.0. The molecule has 3 aromatic heterocycles. The van der Waals surface area contributed by atoms with Crippen LogP contribution in [0.4, 0.5) is 0 Å². The Morgan fingerprint density at radius 3 is 1.23 bits per heavy atom. The molecule has 0 radical (unpaired) electrons. The first-order valence-corrected chi connectivity index (χ1v) is 9.44. The van der Waals surface area contributed by atoms with Crippen molar-refractivity contribution in [3.63, 3.8) is 0 Å². The van der Waals surface area contributed by atoms with Gasteiger partial charge in [0.25, 0.3) is 0 Å². The van der Waals surface area contributed by atoms with E-state index in [1.807, 2.05) is 0 Å². The first-order chi connectivity index (χ1) is 12.6. The molecule has 8 heteroatoms. The number of hydrogen-bond donors (Lipinski definition) is 0. The molecule has 0 saturated carbocycles. The van der Waals surface area contributed by atoms with E-state index in [1.54, 1.807) is 55.0 Å². The zero-order chi connectivity index (χ0) is 18.6. The maximum atomic E-state index is 14.3. The molecule has 3 heterocycles. The predicted molar refractivity (Wildman–Crippen MR) is 98.9 cm³/mol. The number of nitrogens with zero attached hydrogens (tertiary/aromatic N) is 3. The van der Waals surface area contributed by atoms with Crippen molar-refractivity contribution in [3.05, 3.63) is 55.0 Å². The molecule has 0 spiro atoms. The lowest BCUT2D eigenvalue weighted by atomic mass is 10.4. The fourth-order valence-corrected chi connectivity index (χ4v) is 4.77. The van der Waals surface area contributed by atoms with Gasteiger partial charge in [-0.3, -0.25) is 15.0 Å². The van der Waals surface area contributed by atoms with Crippen LogP contribution in [-0.4, -0.2) is 36.3 Å². The zero-order valence-corrected chi connectivity index (χ0v) is 15.5. The lowest BCUT2D eigenvalue weighted by molar-refractivity contribution is 0.414. The molecule has 0 N–H and O–H groups in total. The zero-order valence-electron chi connectivity index (χ0n) is 14.6. The number of pyridine rings is 3. The van der Waals surface area contributed by atoms with Crippen molar-refractivity contribution in [2.45, 2.75) is 0 Å². The molecule has 0 aromatic carbocycles. The van der Waals surface area contributed by atoms with Crippen LogP contribution < -0.4 is 30.5 Å². The Hall–Kier alpha value is -2.92. The van der Waals surface area contributed by atoms with E-state index in [4.69, 9.17) is 14.2 Å². The largest absolute Gasteiger partial charge is 0.497 e. The normalized spacial score (nSPS) is 11.0. The van der Waals surface area contributed by atoms with Gasteiger partial charge in [0.2, 0.25) is 7.14 Å². The molecule has 0 bridgehead atoms. The monoisotopic (exact) mass is 371 g/mol. The smallest absolute Gasteiger partial charge is 0.223 e. The average molecular weight is 371 g/mol. The van der Waals surface area contributed by atoms with E-state index in [0.717, 1.165) is 0 Å². The molecule has 26 heavy (non-hydrogen) atoms. The quantitative estimate of drug-likeness (QED) is 0.608. The van der Waals surface area contributed by atoms with Crippen molar-refractivity contribution in [1.29, 1.82) is 0 Å². The number of methoxy groups -OCH3 is 3. The molecule has 0 fully saturated rings. The number of hydrogen-bond acceptors (Lipinski definition) is 7. The van der Waals surface area contributed by atoms with Gasteiger partial charge in [0.1, 0.15) is 33.6 Å². The highest BCUT2D eigenvalue weighted by atomic mass is 31.2. The summed E-state index contributed by atoms with van der Waals surface area (Å²) in [6, 6.07) is 9.94. The number of ether oxygens (including phenoxy) is 3. The van der Waals surface area contributed by atoms with E-state index in [9.17, 15) is 4.57 Å². The van der Waals surface area contributed by atoms with Crippen LogP contribution in [0.5, 0.6) is 17.2 Å². The van der Waals surface area contributed by atoms with Crippen molar-refractivity contribution in [2.75, 3.05) is 21.3 Å². The van der Waals surface area contributed by atoms with Crippen molar-refractivity contribution < 1.29 is 18.8 Å². The van der Waals surface area contributed by atoms with E-state index in [0.29, 0.717) is 33.6 Å². The van der Waals surface area contributed by atoms with Gasteiger partial charge in [-0.15, -0.1) is 0 Å². The minimum Gasteiger partial charge on any atom is -0.497 e. The van der Waals surface area contributed by atoms with Gasteiger partial charge in [0.05, 0.1) is 21.3 Å². The molecule has 7 nitrogen and oxygen atoms in total. The van der Waals surface area contributed by atoms with Gasteiger partial charge in [-0.1, -0.05) is 0 Å². The Labute approximate surface area is 151 Å². The van der Waals surface area contributed by atoms with E-state index < -0.39 is 7.14 Å². The van der Waals surface area contributed by atoms with Gasteiger partial charge in [-0.05, 0) is 18.2 Å². The van der Waals surface area contributed by atoms with Crippen molar-refractivity contribution in [1.82, 2.24) is 15.0 Å². The second kappa shape index (κ2) is 7.54. The molecule has 0 aliphatic heterocycles. The highest BCUT2D eigenvalue weighted by molar-refractivity contribution is 7.84. The van der Waals surface area contributed by atoms with Gasteiger partial charge >= 0.3 is 0 Å². The summed E-state index contributed by atoms with van der Waals surface area (Å²) in [7, 11) is 1.15. The first-order valence-electron chi connectivity index (χ1n) is 7.73. The van der Waals surface area contributed by atoms with Crippen LogP contribution in [-0.2, 0) is 4.57 Å². The van der Waals surface area contributed by atoms with Crippen LogP contribution in [0.3, 0.4) is 0 Å². The Bertz CT molecular complexity index is 842. The molecular formula is C18H18N3O4P. The van der Waals surface area contributed by atoms with E-state index in [-0.39, 0.29) is 0 Å². The van der Waals surface area contributed by atoms with E-state index in [2.05, 4.69) is 15.0 Å². The molecule has 0 aliphatic rings. The van der Waals surface area contributed by atoms with Gasteiger partial charge < -0.3 is 18.8 Å². The predicted octanol–water partition coefficient (Wildman–Crippen LogP) is 1.54.